The number of halogens is 3. The molecule has 3 N–H and O–H groups in total. The van der Waals surface area contributed by atoms with Gasteiger partial charge in [0.15, 0.2) is 5.82 Å². The first-order valence-corrected chi connectivity index (χ1v) is 6.27. The lowest BCUT2D eigenvalue weighted by atomic mass is 10.1. The predicted molar refractivity (Wildman–Crippen MR) is 75.7 cm³/mol. The van der Waals surface area contributed by atoms with Crippen molar-refractivity contribution in [3.05, 3.63) is 41.5 Å². The van der Waals surface area contributed by atoms with Gasteiger partial charge in [-0.3, -0.25) is 4.68 Å². The average molecular weight is 315 g/mol. The number of thiocarbonyl (C=S) groups is 1. The Labute approximate surface area is 124 Å². The third kappa shape index (κ3) is 3.69. The molecule has 0 spiro atoms. The largest absolute Gasteiger partial charge is 0.417 e. The van der Waals surface area contributed by atoms with E-state index in [4.69, 9.17) is 5.73 Å². The molecule has 1 aromatic carbocycles. The molecule has 0 radical (unpaired) electrons. The number of aryl methyl sites for hydroxylation is 1. The van der Waals surface area contributed by atoms with Crippen LogP contribution in [-0.2, 0) is 19.8 Å². The van der Waals surface area contributed by atoms with Gasteiger partial charge in [-0.2, -0.15) is 18.3 Å². The van der Waals surface area contributed by atoms with Gasteiger partial charge in [0.2, 0.25) is 0 Å². The molecule has 2 rings (SSSR count). The molecule has 9 heteroatoms. The number of benzene rings is 1. The van der Waals surface area contributed by atoms with Crippen molar-refractivity contribution in [3.8, 4) is 0 Å². The minimum atomic E-state index is -4.50. The first-order valence-electron chi connectivity index (χ1n) is 5.87. The van der Waals surface area contributed by atoms with Gasteiger partial charge in [0.05, 0.1) is 12.1 Å². The minimum absolute atomic E-state index is 0.212. The number of nitrogens with one attached hydrogen (secondary N) is 1. The van der Waals surface area contributed by atoms with E-state index in [1.54, 1.807) is 7.05 Å². The molecule has 0 aliphatic carbocycles. The number of hydrogen-bond acceptors (Lipinski definition) is 4. The quantitative estimate of drug-likeness (QED) is 0.846. The highest BCUT2D eigenvalue weighted by atomic mass is 32.1. The summed E-state index contributed by atoms with van der Waals surface area (Å²) in [5.41, 5.74) is 4.76. The van der Waals surface area contributed by atoms with E-state index >= 15 is 0 Å². The molecule has 0 saturated heterocycles. The molecule has 0 amide bonds. The molecule has 2 aromatic rings. The summed E-state index contributed by atoms with van der Waals surface area (Å²) in [5, 5.41) is 6.98. The fraction of sp³-hybridized carbons (Fsp3) is 0.250. The van der Waals surface area contributed by atoms with Gasteiger partial charge in [-0.15, -0.1) is 0 Å². The van der Waals surface area contributed by atoms with Crippen molar-refractivity contribution in [2.24, 2.45) is 12.8 Å². The number of hydrogen-bond donors (Lipinski definition) is 2. The van der Waals surface area contributed by atoms with Crippen LogP contribution in [0, 0.1) is 0 Å². The average Bonchev–Trinajstić information content (AvgIpc) is 2.80. The summed E-state index contributed by atoms with van der Waals surface area (Å²) in [4.78, 5) is 3.70. The summed E-state index contributed by atoms with van der Waals surface area (Å²) in [6.07, 6.45) is -2.97. The normalized spacial score (nSPS) is 11.4. The lowest BCUT2D eigenvalue weighted by Gasteiger charge is -2.14. The maximum absolute atomic E-state index is 12.8. The third-order valence-corrected chi connectivity index (χ3v) is 2.91. The zero-order valence-corrected chi connectivity index (χ0v) is 11.8. The molecule has 0 atom stereocenters. The first kappa shape index (κ1) is 15.2. The van der Waals surface area contributed by atoms with E-state index in [0.29, 0.717) is 11.5 Å². The van der Waals surface area contributed by atoms with E-state index in [1.165, 1.54) is 23.1 Å². The Morgan fingerprint density at radius 3 is 2.67 bits per heavy atom. The van der Waals surface area contributed by atoms with Crippen LogP contribution < -0.4 is 11.1 Å². The number of nitrogens with two attached hydrogens (primary N) is 1. The summed E-state index contributed by atoms with van der Waals surface area (Å²) in [6.45, 7) is 0.281. The van der Waals surface area contributed by atoms with Gasteiger partial charge in [-0.1, -0.05) is 12.2 Å². The summed E-state index contributed by atoms with van der Waals surface area (Å²) in [5.74, 6) is 0.522. The van der Waals surface area contributed by atoms with Gasteiger partial charge >= 0.3 is 6.18 Å². The van der Waals surface area contributed by atoms with E-state index in [-0.39, 0.29) is 17.1 Å². The van der Waals surface area contributed by atoms with Crippen molar-refractivity contribution in [3.63, 3.8) is 0 Å². The molecule has 0 aliphatic heterocycles. The second-order valence-electron chi connectivity index (χ2n) is 4.31. The topological polar surface area (TPSA) is 68.8 Å². The van der Waals surface area contributed by atoms with E-state index in [1.807, 2.05) is 0 Å². The number of nitrogens with zero attached hydrogens (tertiary/aromatic N) is 3. The van der Waals surface area contributed by atoms with Crippen molar-refractivity contribution >= 4 is 22.9 Å². The lowest BCUT2D eigenvalue weighted by Crippen LogP contribution is -2.18. The van der Waals surface area contributed by atoms with E-state index < -0.39 is 11.7 Å². The van der Waals surface area contributed by atoms with Crippen LogP contribution >= 0.6 is 12.2 Å². The Balaban J connectivity index is 2.22. The second-order valence-corrected chi connectivity index (χ2v) is 4.75. The van der Waals surface area contributed by atoms with Crippen molar-refractivity contribution in [2.75, 3.05) is 5.32 Å². The SMILES string of the molecule is Cn1cnc(CNc2ccc(C(F)(F)F)c(C(N)=S)c2)n1. The summed E-state index contributed by atoms with van der Waals surface area (Å²) >= 11 is 4.68. The fourth-order valence-corrected chi connectivity index (χ4v) is 1.92. The zero-order chi connectivity index (χ0) is 15.6. The molecular formula is C12H12F3N5S. The Morgan fingerprint density at radius 1 is 1.43 bits per heavy atom. The molecule has 0 bridgehead atoms. The van der Waals surface area contributed by atoms with Crippen LogP contribution in [0.25, 0.3) is 0 Å². The number of anilines is 1. The van der Waals surface area contributed by atoms with Crippen molar-refractivity contribution < 1.29 is 13.2 Å². The smallest absolute Gasteiger partial charge is 0.389 e. The Kier molecular flexibility index (Phi) is 4.12. The molecular weight excluding hydrogens is 303 g/mol. The first-order chi connectivity index (χ1) is 9.77. The number of aromatic nitrogens is 3. The highest BCUT2D eigenvalue weighted by molar-refractivity contribution is 7.80. The van der Waals surface area contributed by atoms with Crippen LogP contribution in [0.3, 0.4) is 0 Å². The third-order valence-electron chi connectivity index (χ3n) is 2.69. The highest BCUT2D eigenvalue weighted by Crippen LogP contribution is 2.33. The maximum atomic E-state index is 12.8. The molecule has 0 saturated carbocycles. The fourth-order valence-electron chi connectivity index (χ4n) is 1.75. The van der Waals surface area contributed by atoms with Gasteiger partial charge < -0.3 is 11.1 Å². The molecule has 0 unspecified atom stereocenters. The molecule has 112 valence electrons. The number of rotatable bonds is 4. The Morgan fingerprint density at radius 2 is 2.14 bits per heavy atom. The molecule has 5 nitrogen and oxygen atoms in total. The van der Waals surface area contributed by atoms with Crippen LogP contribution in [0.15, 0.2) is 24.5 Å². The highest BCUT2D eigenvalue weighted by Gasteiger charge is 2.34. The monoisotopic (exact) mass is 315 g/mol. The van der Waals surface area contributed by atoms with Crippen LogP contribution in [0.5, 0.6) is 0 Å². The Bertz CT molecular complexity index is 665. The van der Waals surface area contributed by atoms with Crippen molar-refractivity contribution in [1.82, 2.24) is 14.8 Å². The number of alkyl halides is 3. The summed E-state index contributed by atoms with van der Waals surface area (Å²) in [6, 6.07) is 3.53. The molecule has 0 aliphatic rings. The predicted octanol–water partition coefficient (Wildman–Crippen LogP) is 2.08. The van der Waals surface area contributed by atoms with E-state index in [9.17, 15) is 13.2 Å². The van der Waals surface area contributed by atoms with Crippen LogP contribution in [0.1, 0.15) is 17.0 Å². The van der Waals surface area contributed by atoms with Crippen LogP contribution in [0.2, 0.25) is 0 Å². The van der Waals surface area contributed by atoms with E-state index in [0.717, 1.165) is 6.07 Å². The van der Waals surface area contributed by atoms with Crippen LogP contribution in [-0.4, -0.2) is 19.8 Å². The molecule has 0 fully saturated rings. The van der Waals surface area contributed by atoms with Crippen molar-refractivity contribution in [2.45, 2.75) is 12.7 Å². The van der Waals surface area contributed by atoms with Gasteiger partial charge in [-0.05, 0) is 18.2 Å². The minimum Gasteiger partial charge on any atom is -0.389 e. The molecule has 1 heterocycles. The molecule has 1 aromatic heterocycles. The van der Waals surface area contributed by atoms with E-state index in [2.05, 4.69) is 27.6 Å². The van der Waals surface area contributed by atoms with Gasteiger partial charge in [0.1, 0.15) is 11.3 Å². The van der Waals surface area contributed by atoms with Crippen LogP contribution in [0.4, 0.5) is 18.9 Å². The van der Waals surface area contributed by atoms with Gasteiger partial charge in [0, 0.05) is 18.3 Å². The maximum Gasteiger partial charge on any atom is 0.417 e. The lowest BCUT2D eigenvalue weighted by molar-refractivity contribution is -0.137. The van der Waals surface area contributed by atoms with Crippen molar-refractivity contribution in [1.29, 1.82) is 0 Å². The zero-order valence-electron chi connectivity index (χ0n) is 11.0. The standard InChI is InChI=1S/C12H12F3N5S/c1-20-6-18-10(19-20)5-17-7-2-3-9(12(13,14)15)8(4-7)11(16)21/h2-4,6,17H,5H2,1H3,(H2,16,21). The summed E-state index contributed by atoms with van der Waals surface area (Å²) < 4.78 is 40.0. The Hall–Kier alpha value is -2.16. The summed E-state index contributed by atoms with van der Waals surface area (Å²) in [7, 11) is 1.72. The van der Waals surface area contributed by atoms with Gasteiger partial charge in [0.25, 0.3) is 0 Å². The van der Waals surface area contributed by atoms with Gasteiger partial charge in [-0.25, -0.2) is 4.98 Å². The second kappa shape index (κ2) is 5.68. The molecule has 21 heavy (non-hydrogen) atoms.